The molecule has 1 aliphatic heterocycles. The molecule has 1 heterocycles. The summed E-state index contributed by atoms with van der Waals surface area (Å²) in [5.41, 5.74) is 3.90. The predicted molar refractivity (Wildman–Crippen MR) is 47.7 cm³/mol. The van der Waals surface area contributed by atoms with Gasteiger partial charge in [0.2, 0.25) is 0 Å². The molecule has 0 radical (unpaired) electrons. The first-order chi connectivity index (χ1) is 5.29. The predicted octanol–water partition coefficient (Wildman–Crippen LogP) is 2.81. The van der Waals surface area contributed by atoms with Crippen LogP contribution in [0.25, 0.3) is 0 Å². The van der Waals surface area contributed by atoms with Gasteiger partial charge in [0.15, 0.2) is 0 Å². The Hall–Kier alpha value is -1.11. The highest BCUT2D eigenvalue weighted by Crippen LogP contribution is 2.33. The molecule has 0 bridgehead atoms. The van der Waals surface area contributed by atoms with Crippen molar-refractivity contribution in [2.24, 2.45) is 4.99 Å². The van der Waals surface area contributed by atoms with Crippen LogP contribution in [0.4, 0.5) is 5.69 Å². The van der Waals surface area contributed by atoms with Crippen molar-refractivity contribution < 1.29 is 0 Å². The van der Waals surface area contributed by atoms with Gasteiger partial charge in [0, 0.05) is 12.1 Å². The SMILES string of the molecule is Cc1cccc2c1C(C)C=N2. The average molecular weight is 145 g/mol. The van der Waals surface area contributed by atoms with E-state index < -0.39 is 0 Å². The lowest BCUT2D eigenvalue weighted by atomic mass is 9.98. The fourth-order valence-electron chi connectivity index (χ4n) is 1.64. The van der Waals surface area contributed by atoms with Gasteiger partial charge in [-0.15, -0.1) is 0 Å². The molecule has 0 saturated heterocycles. The first-order valence-electron chi connectivity index (χ1n) is 3.93. The first kappa shape index (κ1) is 6.59. The number of nitrogens with zero attached hydrogens (tertiary/aromatic N) is 1. The molecule has 1 nitrogen and oxygen atoms in total. The van der Waals surface area contributed by atoms with Gasteiger partial charge in [-0.1, -0.05) is 19.1 Å². The van der Waals surface area contributed by atoms with Crippen LogP contribution in [-0.4, -0.2) is 6.21 Å². The summed E-state index contributed by atoms with van der Waals surface area (Å²) in [5, 5.41) is 0. The van der Waals surface area contributed by atoms with Gasteiger partial charge in [-0.3, -0.25) is 4.99 Å². The summed E-state index contributed by atoms with van der Waals surface area (Å²) in [4.78, 5) is 4.32. The summed E-state index contributed by atoms with van der Waals surface area (Å²) in [7, 11) is 0. The Bertz CT molecular complexity index is 313. The van der Waals surface area contributed by atoms with Crippen LogP contribution in [-0.2, 0) is 0 Å². The molecule has 1 aromatic rings. The molecule has 0 amide bonds. The number of aliphatic imine (C=N–C) groups is 1. The van der Waals surface area contributed by atoms with E-state index in [0.717, 1.165) is 5.69 Å². The third-order valence-electron chi connectivity index (χ3n) is 2.19. The summed E-state index contributed by atoms with van der Waals surface area (Å²) in [6.07, 6.45) is 2.01. The Labute approximate surface area is 66.8 Å². The highest BCUT2D eigenvalue weighted by molar-refractivity contribution is 5.81. The van der Waals surface area contributed by atoms with Crippen LogP contribution in [0.2, 0.25) is 0 Å². The smallest absolute Gasteiger partial charge is 0.0667 e. The zero-order chi connectivity index (χ0) is 7.84. The quantitative estimate of drug-likeness (QED) is 0.532. The van der Waals surface area contributed by atoms with E-state index >= 15 is 0 Å². The minimum atomic E-state index is 0.506. The van der Waals surface area contributed by atoms with E-state index in [1.165, 1.54) is 11.1 Å². The molecule has 1 aliphatic rings. The first-order valence-corrected chi connectivity index (χ1v) is 3.93. The van der Waals surface area contributed by atoms with E-state index in [0.29, 0.717) is 5.92 Å². The highest BCUT2D eigenvalue weighted by atomic mass is 14.8. The van der Waals surface area contributed by atoms with Gasteiger partial charge in [-0.2, -0.15) is 0 Å². The Balaban J connectivity index is 2.65. The van der Waals surface area contributed by atoms with E-state index in [1.54, 1.807) is 0 Å². The van der Waals surface area contributed by atoms with E-state index in [1.807, 2.05) is 6.21 Å². The number of hydrogen-bond acceptors (Lipinski definition) is 1. The van der Waals surface area contributed by atoms with Crippen LogP contribution in [0.1, 0.15) is 24.0 Å². The van der Waals surface area contributed by atoms with Crippen molar-refractivity contribution in [3.8, 4) is 0 Å². The van der Waals surface area contributed by atoms with Crippen LogP contribution < -0.4 is 0 Å². The van der Waals surface area contributed by atoms with E-state index in [2.05, 4.69) is 37.0 Å². The number of aryl methyl sites for hydroxylation is 1. The lowest BCUT2D eigenvalue weighted by molar-refractivity contribution is 1.06. The molecule has 0 spiro atoms. The van der Waals surface area contributed by atoms with Crippen molar-refractivity contribution in [3.05, 3.63) is 29.3 Å². The van der Waals surface area contributed by atoms with Crippen molar-refractivity contribution in [2.75, 3.05) is 0 Å². The number of rotatable bonds is 0. The number of fused-ring (bicyclic) bond motifs is 1. The zero-order valence-electron chi connectivity index (χ0n) is 6.83. The van der Waals surface area contributed by atoms with Gasteiger partial charge >= 0.3 is 0 Å². The number of hydrogen-bond donors (Lipinski definition) is 0. The van der Waals surface area contributed by atoms with Crippen LogP contribution in [0.15, 0.2) is 23.2 Å². The Morgan fingerprint density at radius 3 is 2.91 bits per heavy atom. The summed E-state index contributed by atoms with van der Waals surface area (Å²) in [6, 6.07) is 6.27. The van der Waals surface area contributed by atoms with E-state index in [9.17, 15) is 0 Å². The molecule has 2 rings (SSSR count). The monoisotopic (exact) mass is 145 g/mol. The minimum absolute atomic E-state index is 0.506. The van der Waals surface area contributed by atoms with Gasteiger partial charge in [-0.25, -0.2) is 0 Å². The summed E-state index contributed by atoms with van der Waals surface area (Å²) in [6.45, 7) is 4.33. The van der Waals surface area contributed by atoms with Gasteiger partial charge in [0.1, 0.15) is 0 Å². The van der Waals surface area contributed by atoms with Crippen LogP contribution in [0, 0.1) is 6.92 Å². The minimum Gasteiger partial charge on any atom is -0.260 e. The molecule has 1 aromatic carbocycles. The Kier molecular flexibility index (Phi) is 1.31. The summed E-state index contributed by atoms with van der Waals surface area (Å²) >= 11 is 0. The normalized spacial score (nSPS) is 20.4. The standard InChI is InChI=1S/C10H11N/c1-7-4-3-5-9-10(7)8(2)6-11-9/h3-6,8H,1-2H3. The third kappa shape index (κ3) is 0.881. The second-order valence-corrected chi connectivity index (χ2v) is 3.07. The van der Waals surface area contributed by atoms with Gasteiger partial charge < -0.3 is 0 Å². The van der Waals surface area contributed by atoms with Crippen LogP contribution in [0.5, 0.6) is 0 Å². The molecule has 0 aromatic heterocycles. The average Bonchev–Trinajstić information content (AvgIpc) is 2.34. The van der Waals surface area contributed by atoms with Crippen LogP contribution in [0.3, 0.4) is 0 Å². The number of benzene rings is 1. The van der Waals surface area contributed by atoms with Crippen molar-refractivity contribution >= 4 is 11.9 Å². The molecular formula is C10H11N. The van der Waals surface area contributed by atoms with E-state index in [4.69, 9.17) is 0 Å². The largest absolute Gasteiger partial charge is 0.260 e. The maximum Gasteiger partial charge on any atom is 0.0667 e. The molecule has 11 heavy (non-hydrogen) atoms. The molecule has 0 saturated carbocycles. The molecule has 1 heteroatoms. The molecule has 0 N–H and O–H groups in total. The fraction of sp³-hybridized carbons (Fsp3) is 0.300. The highest BCUT2D eigenvalue weighted by Gasteiger charge is 2.15. The maximum absolute atomic E-state index is 4.32. The topological polar surface area (TPSA) is 12.4 Å². The maximum atomic E-state index is 4.32. The Morgan fingerprint density at radius 2 is 2.18 bits per heavy atom. The third-order valence-corrected chi connectivity index (χ3v) is 2.19. The van der Waals surface area contributed by atoms with Crippen LogP contribution >= 0.6 is 0 Å². The molecular weight excluding hydrogens is 134 g/mol. The van der Waals surface area contributed by atoms with Gasteiger partial charge in [0.25, 0.3) is 0 Å². The van der Waals surface area contributed by atoms with E-state index in [-0.39, 0.29) is 0 Å². The lowest BCUT2D eigenvalue weighted by Gasteiger charge is -2.05. The van der Waals surface area contributed by atoms with Crippen molar-refractivity contribution in [2.45, 2.75) is 19.8 Å². The van der Waals surface area contributed by atoms with Crippen molar-refractivity contribution in [1.29, 1.82) is 0 Å². The fourth-order valence-corrected chi connectivity index (χ4v) is 1.64. The Morgan fingerprint density at radius 1 is 1.36 bits per heavy atom. The molecule has 1 unspecified atom stereocenters. The summed E-state index contributed by atoms with van der Waals surface area (Å²) in [5.74, 6) is 0.506. The molecule has 1 atom stereocenters. The van der Waals surface area contributed by atoms with Crippen molar-refractivity contribution in [1.82, 2.24) is 0 Å². The zero-order valence-corrected chi connectivity index (χ0v) is 6.83. The molecule has 0 fully saturated rings. The van der Waals surface area contributed by atoms with Gasteiger partial charge in [-0.05, 0) is 24.1 Å². The molecule has 0 aliphatic carbocycles. The summed E-state index contributed by atoms with van der Waals surface area (Å²) < 4.78 is 0. The van der Waals surface area contributed by atoms with Crippen molar-refractivity contribution in [3.63, 3.8) is 0 Å². The second-order valence-electron chi connectivity index (χ2n) is 3.07. The lowest BCUT2D eigenvalue weighted by Crippen LogP contribution is -1.91. The van der Waals surface area contributed by atoms with Gasteiger partial charge in [0.05, 0.1) is 5.69 Å². The molecule has 56 valence electrons. The second kappa shape index (κ2) is 2.19.